The van der Waals surface area contributed by atoms with Gasteiger partial charge in [0.25, 0.3) is 0 Å². The van der Waals surface area contributed by atoms with Crippen LogP contribution in [0.1, 0.15) is 38.5 Å². The first-order chi connectivity index (χ1) is 8.45. The lowest BCUT2D eigenvalue weighted by molar-refractivity contribution is -0.0495. The molecular formula is C13H24N2O2S. The summed E-state index contributed by atoms with van der Waals surface area (Å²) in [5.41, 5.74) is 5.37. The maximum Gasteiger partial charge on any atom is 0.215 e. The van der Waals surface area contributed by atoms with Crippen molar-refractivity contribution < 1.29 is 8.42 Å². The van der Waals surface area contributed by atoms with Crippen LogP contribution in [0.25, 0.3) is 0 Å². The Bertz CT molecular complexity index is 397. The van der Waals surface area contributed by atoms with E-state index in [0.29, 0.717) is 0 Å². The SMILES string of the molecule is CN(C12CC3CC(CC(C3)C1)C2)S(=O)(=O)CCN. The third kappa shape index (κ3) is 1.91. The summed E-state index contributed by atoms with van der Waals surface area (Å²) in [6.45, 7) is 0.221. The fourth-order valence-electron chi connectivity index (χ4n) is 5.03. The molecule has 4 aliphatic carbocycles. The molecule has 0 aromatic heterocycles. The second-order valence-corrected chi connectivity index (χ2v) is 8.83. The number of nitrogens with zero attached hydrogens (tertiary/aromatic N) is 1. The summed E-state index contributed by atoms with van der Waals surface area (Å²) >= 11 is 0. The fourth-order valence-corrected chi connectivity index (χ4v) is 6.42. The summed E-state index contributed by atoms with van der Waals surface area (Å²) in [4.78, 5) is 0. The molecule has 4 bridgehead atoms. The standard InChI is InChI=1S/C13H24N2O2S/c1-15(18(16,17)3-2-14)13-7-10-4-11(8-13)6-12(5-10)9-13/h10-12H,2-9,14H2,1H3. The van der Waals surface area contributed by atoms with Gasteiger partial charge in [-0.1, -0.05) is 0 Å². The molecule has 4 saturated carbocycles. The fraction of sp³-hybridized carbons (Fsp3) is 1.00. The molecule has 0 radical (unpaired) electrons. The van der Waals surface area contributed by atoms with E-state index in [0.717, 1.165) is 37.0 Å². The van der Waals surface area contributed by atoms with E-state index >= 15 is 0 Å². The van der Waals surface area contributed by atoms with E-state index in [2.05, 4.69) is 0 Å². The van der Waals surface area contributed by atoms with Crippen molar-refractivity contribution in [3.8, 4) is 0 Å². The quantitative estimate of drug-likeness (QED) is 0.835. The smallest absolute Gasteiger partial charge is 0.215 e. The molecule has 0 saturated heterocycles. The van der Waals surface area contributed by atoms with Gasteiger partial charge >= 0.3 is 0 Å². The first kappa shape index (κ1) is 12.9. The summed E-state index contributed by atoms with van der Waals surface area (Å²) in [5, 5.41) is 0. The van der Waals surface area contributed by atoms with Crippen molar-refractivity contribution in [3.05, 3.63) is 0 Å². The average Bonchev–Trinajstić information content (AvgIpc) is 2.26. The van der Waals surface area contributed by atoms with Crippen molar-refractivity contribution in [2.75, 3.05) is 19.3 Å². The molecule has 0 atom stereocenters. The molecule has 4 rings (SSSR count). The maximum atomic E-state index is 12.3. The van der Waals surface area contributed by atoms with E-state index in [1.807, 2.05) is 0 Å². The highest BCUT2D eigenvalue weighted by molar-refractivity contribution is 7.89. The average molecular weight is 272 g/mol. The summed E-state index contributed by atoms with van der Waals surface area (Å²) in [6, 6.07) is 0. The van der Waals surface area contributed by atoms with Crippen LogP contribution in [-0.2, 0) is 10.0 Å². The molecule has 0 unspecified atom stereocenters. The Balaban J connectivity index is 1.87. The molecule has 4 fully saturated rings. The molecular weight excluding hydrogens is 248 g/mol. The van der Waals surface area contributed by atoms with Gasteiger partial charge in [-0.15, -0.1) is 0 Å². The van der Waals surface area contributed by atoms with E-state index in [-0.39, 0.29) is 17.8 Å². The lowest BCUT2D eigenvalue weighted by atomic mass is 9.53. The summed E-state index contributed by atoms with van der Waals surface area (Å²) < 4.78 is 26.3. The number of rotatable bonds is 4. The van der Waals surface area contributed by atoms with Crippen LogP contribution in [0, 0.1) is 17.8 Å². The van der Waals surface area contributed by atoms with Crippen LogP contribution in [-0.4, -0.2) is 37.6 Å². The van der Waals surface area contributed by atoms with E-state index in [9.17, 15) is 8.42 Å². The minimum atomic E-state index is -3.16. The second kappa shape index (κ2) is 4.18. The van der Waals surface area contributed by atoms with Gasteiger partial charge in [0.1, 0.15) is 0 Å². The summed E-state index contributed by atoms with van der Waals surface area (Å²) in [6.07, 6.45) is 7.26. The van der Waals surface area contributed by atoms with Crippen molar-refractivity contribution in [1.82, 2.24) is 4.31 Å². The predicted molar refractivity (Wildman–Crippen MR) is 71.5 cm³/mol. The van der Waals surface area contributed by atoms with Crippen molar-refractivity contribution in [2.24, 2.45) is 23.5 Å². The molecule has 0 spiro atoms. The second-order valence-electron chi connectivity index (χ2n) is 6.71. The minimum absolute atomic E-state index is 0.0667. The molecule has 4 aliphatic rings. The highest BCUT2D eigenvalue weighted by Crippen LogP contribution is 2.57. The van der Waals surface area contributed by atoms with E-state index in [1.165, 1.54) is 19.3 Å². The number of sulfonamides is 1. The van der Waals surface area contributed by atoms with Gasteiger partial charge in [0.05, 0.1) is 5.75 Å². The molecule has 18 heavy (non-hydrogen) atoms. The maximum absolute atomic E-state index is 12.3. The Labute approximate surface area is 110 Å². The topological polar surface area (TPSA) is 63.4 Å². The number of nitrogens with two attached hydrogens (primary N) is 1. The van der Waals surface area contributed by atoms with Crippen molar-refractivity contribution in [1.29, 1.82) is 0 Å². The summed E-state index contributed by atoms with van der Waals surface area (Å²) in [5.74, 6) is 2.40. The van der Waals surface area contributed by atoms with Gasteiger partial charge in [-0.05, 0) is 56.3 Å². The van der Waals surface area contributed by atoms with Gasteiger partial charge in [-0.3, -0.25) is 0 Å². The number of hydrogen-bond acceptors (Lipinski definition) is 3. The first-order valence-electron chi connectivity index (χ1n) is 7.12. The molecule has 0 heterocycles. The zero-order valence-corrected chi connectivity index (χ0v) is 12.0. The third-order valence-corrected chi connectivity index (χ3v) is 7.44. The molecule has 0 aliphatic heterocycles. The van der Waals surface area contributed by atoms with Crippen LogP contribution >= 0.6 is 0 Å². The van der Waals surface area contributed by atoms with Gasteiger partial charge in [0, 0.05) is 19.1 Å². The van der Waals surface area contributed by atoms with Crippen LogP contribution in [0.2, 0.25) is 0 Å². The Hall–Kier alpha value is -0.130. The van der Waals surface area contributed by atoms with Gasteiger partial charge in [0.15, 0.2) is 0 Å². The van der Waals surface area contributed by atoms with Crippen LogP contribution < -0.4 is 5.73 Å². The van der Waals surface area contributed by atoms with E-state index in [4.69, 9.17) is 5.73 Å². The van der Waals surface area contributed by atoms with Crippen molar-refractivity contribution >= 4 is 10.0 Å². The Morgan fingerprint density at radius 1 is 1.11 bits per heavy atom. The largest absolute Gasteiger partial charge is 0.329 e. The van der Waals surface area contributed by atoms with Gasteiger partial charge in [-0.2, -0.15) is 4.31 Å². The molecule has 0 aromatic rings. The predicted octanol–water partition coefficient (Wildman–Crippen LogP) is 1.18. The first-order valence-corrected chi connectivity index (χ1v) is 8.73. The lowest BCUT2D eigenvalue weighted by Gasteiger charge is -2.59. The van der Waals surface area contributed by atoms with Gasteiger partial charge in [0.2, 0.25) is 10.0 Å². The Morgan fingerprint density at radius 2 is 1.56 bits per heavy atom. The van der Waals surface area contributed by atoms with Crippen molar-refractivity contribution in [3.63, 3.8) is 0 Å². The summed E-state index contributed by atoms with van der Waals surface area (Å²) in [7, 11) is -1.37. The van der Waals surface area contributed by atoms with Crippen molar-refractivity contribution in [2.45, 2.75) is 44.1 Å². The van der Waals surface area contributed by atoms with Gasteiger partial charge in [-0.25, -0.2) is 8.42 Å². The Kier molecular flexibility index (Phi) is 2.99. The van der Waals surface area contributed by atoms with E-state index < -0.39 is 10.0 Å². The van der Waals surface area contributed by atoms with Gasteiger partial charge < -0.3 is 5.73 Å². The molecule has 104 valence electrons. The lowest BCUT2D eigenvalue weighted by Crippen LogP contribution is -2.60. The Morgan fingerprint density at radius 3 is 1.94 bits per heavy atom. The molecule has 2 N–H and O–H groups in total. The zero-order valence-electron chi connectivity index (χ0n) is 11.1. The van der Waals surface area contributed by atoms with Crippen LogP contribution in [0.5, 0.6) is 0 Å². The molecule has 0 amide bonds. The number of hydrogen-bond donors (Lipinski definition) is 1. The molecule has 5 heteroatoms. The third-order valence-electron chi connectivity index (χ3n) is 5.47. The normalized spacial score (nSPS) is 42.7. The minimum Gasteiger partial charge on any atom is -0.329 e. The van der Waals surface area contributed by atoms with Crippen LogP contribution in [0.3, 0.4) is 0 Å². The highest BCUT2D eigenvalue weighted by Gasteiger charge is 2.54. The van der Waals surface area contributed by atoms with Crippen LogP contribution in [0.15, 0.2) is 0 Å². The molecule has 0 aromatic carbocycles. The monoisotopic (exact) mass is 272 g/mol. The highest BCUT2D eigenvalue weighted by atomic mass is 32.2. The molecule has 4 nitrogen and oxygen atoms in total. The zero-order chi connectivity index (χ0) is 13.0. The van der Waals surface area contributed by atoms with E-state index in [1.54, 1.807) is 11.4 Å². The van der Waals surface area contributed by atoms with Crippen LogP contribution in [0.4, 0.5) is 0 Å².